The Kier molecular flexibility index (Phi) is 6.69. The van der Waals surface area contributed by atoms with Crippen LogP contribution in [0.15, 0.2) is 131 Å². The number of halogens is 1. The van der Waals surface area contributed by atoms with Gasteiger partial charge >= 0.3 is 5.63 Å². The highest BCUT2D eigenvalue weighted by Gasteiger charge is 2.45. The van der Waals surface area contributed by atoms with Crippen molar-refractivity contribution in [2.45, 2.75) is 6.16 Å². The summed E-state index contributed by atoms with van der Waals surface area (Å²) in [7, 11) is -1.96. The van der Waals surface area contributed by atoms with Crippen LogP contribution < -0.4 is 38.5 Å². The molecule has 1 heterocycles. The largest absolute Gasteiger partial charge is 1.00 e. The van der Waals surface area contributed by atoms with E-state index in [9.17, 15) is 4.79 Å². The van der Waals surface area contributed by atoms with Crippen LogP contribution in [0.1, 0.15) is 5.56 Å². The van der Waals surface area contributed by atoms with Gasteiger partial charge in [0.25, 0.3) is 0 Å². The summed E-state index contributed by atoms with van der Waals surface area (Å²) in [5.41, 5.74) is 1.53. The fraction of sp³-hybridized carbons (Fsp3) is 0.0357. The molecule has 158 valence electrons. The fourth-order valence-electron chi connectivity index (χ4n) is 4.26. The molecule has 32 heavy (non-hydrogen) atoms. The molecule has 0 aliphatic carbocycles. The zero-order valence-electron chi connectivity index (χ0n) is 17.4. The lowest BCUT2D eigenvalue weighted by molar-refractivity contribution is -0.00000653. The highest BCUT2D eigenvalue weighted by Crippen LogP contribution is 2.58. The van der Waals surface area contributed by atoms with E-state index in [0.29, 0.717) is 5.58 Å². The highest BCUT2D eigenvalue weighted by atomic mass is 79.9. The molecule has 0 amide bonds. The van der Waals surface area contributed by atoms with E-state index in [1.54, 1.807) is 0 Å². The maximum absolute atomic E-state index is 11.6. The molecule has 0 bridgehead atoms. The summed E-state index contributed by atoms with van der Waals surface area (Å²) >= 11 is 0. The minimum Gasteiger partial charge on any atom is -1.00 e. The molecule has 0 N–H and O–H groups in total. The van der Waals surface area contributed by atoms with Crippen molar-refractivity contribution in [1.82, 2.24) is 0 Å². The van der Waals surface area contributed by atoms with Crippen LogP contribution in [0.3, 0.4) is 0 Å². The average molecular weight is 501 g/mol. The summed E-state index contributed by atoms with van der Waals surface area (Å²) in [6.07, 6.45) is 0.889. The van der Waals surface area contributed by atoms with E-state index in [2.05, 4.69) is 103 Å². The van der Waals surface area contributed by atoms with Crippen LogP contribution in [0, 0.1) is 0 Å². The van der Waals surface area contributed by atoms with Gasteiger partial charge in [-0.3, -0.25) is 0 Å². The van der Waals surface area contributed by atoms with Crippen molar-refractivity contribution in [1.29, 1.82) is 0 Å². The number of rotatable bonds is 5. The van der Waals surface area contributed by atoms with Gasteiger partial charge in [-0.2, -0.15) is 0 Å². The fourth-order valence-corrected chi connectivity index (χ4v) is 8.49. The van der Waals surface area contributed by atoms with Gasteiger partial charge in [-0.1, -0.05) is 60.7 Å². The van der Waals surface area contributed by atoms with Gasteiger partial charge in [-0.05, 0) is 60.2 Å². The van der Waals surface area contributed by atoms with Gasteiger partial charge < -0.3 is 21.4 Å². The molecule has 0 radical (unpaired) electrons. The Hall–Kier alpha value is -3.00. The minimum absolute atomic E-state index is 0. The summed E-state index contributed by atoms with van der Waals surface area (Å²) in [5.74, 6) is 0. The molecule has 0 aliphatic heterocycles. The number of hydrogen-bond donors (Lipinski definition) is 0. The van der Waals surface area contributed by atoms with Gasteiger partial charge in [-0.25, -0.2) is 4.79 Å². The second-order valence-electron chi connectivity index (χ2n) is 7.60. The smallest absolute Gasteiger partial charge is 0.336 e. The van der Waals surface area contributed by atoms with E-state index in [-0.39, 0.29) is 22.6 Å². The lowest BCUT2D eigenvalue weighted by atomic mass is 10.2. The van der Waals surface area contributed by atoms with Gasteiger partial charge in [0.1, 0.15) is 28.8 Å². The number of benzene rings is 4. The first-order valence-electron chi connectivity index (χ1n) is 10.3. The predicted octanol–water partition coefficient (Wildman–Crippen LogP) is 2.29. The molecule has 0 saturated carbocycles. The lowest BCUT2D eigenvalue weighted by Crippen LogP contribution is -3.00. The summed E-state index contributed by atoms with van der Waals surface area (Å²) in [4.78, 5) is 11.6. The van der Waals surface area contributed by atoms with E-state index >= 15 is 0 Å². The molecule has 5 aromatic rings. The zero-order chi connectivity index (χ0) is 21.1. The topological polar surface area (TPSA) is 30.2 Å². The van der Waals surface area contributed by atoms with Crippen LogP contribution in [-0.4, -0.2) is 0 Å². The van der Waals surface area contributed by atoms with Crippen molar-refractivity contribution in [2.24, 2.45) is 0 Å². The summed E-state index contributed by atoms with van der Waals surface area (Å²) in [5, 5.41) is 5.01. The van der Waals surface area contributed by atoms with Gasteiger partial charge in [-0.15, -0.1) is 0 Å². The second-order valence-corrected chi connectivity index (χ2v) is 11.1. The molecule has 0 unspecified atom stereocenters. The van der Waals surface area contributed by atoms with Crippen molar-refractivity contribution in [3.8, 4) is 0 Å². The van der Waals surface area contributed by atoms with E-state index in [0.717, 1.165) is 11.5 Å². The Balaban J connectivity index is 0.00000245. The van der Waals surface area contributed by atoms with Crippen LogP contribution in [0.25, 0.3) is 11.0 Å². The maximum Gasteiger partial charge on any atom is 0.336 e. The molecule has 5 rings (SSSR count). The van der Waals surface area contributed by atoms with Crippen LogP contribution >= 0.6 is 7.26 Å². The van der Waals surface area contributed by atoms with Crippen molar-refractivity contribution in [3.05, 3.63) is 137 Å². The number of fused-ring (bicyclic) bond motifs is 1. The maximum atomic E-state index is 11.6. The summed E-state index contributed by atoms with van der Waals surface area (Å²) < 4.78 is 5.35. The molecule has 4 aromatic carbocycles. The third-order valence-electron chi connectivity index (χ3n) is 5.69. The van der Waals surface area contributed by atoms with Crippen molar-refractivity contribution >= 4 is 34.1 Å². The van der Waals surface area contributed by atoms with Crippen LogP contribution in [0.4, 0.5) is 0 Å². The Labute approximate surface area is 198 Å². The molecular formula is C28H22BrO2P. The van der Waals surface area contributed by atoms with Gasteiger partial charge in [0.15, 0.2) is 0 Å². The van der Waals surface area contributed by atoms with Crippen molar-refractivity contribution in [3.63, 3.8) is 0 Å². The minimum atomic E-state index is -1.96. The summed E-state index contributed by atoms with van der Waals surface area (Å²) in [6.45, 7) is 0. The molecular weight excluding hydrogens is 479 g/mol. The highest BCUT2D eigenvalue weighted by molar-refractivity contribution is 7.95. The third kappa shape index (κ3) is 4.19. The van der Waals surface area contributed by atoms with Gasteiger partial charge in [0.05, 0.1) is 6.16 Å². The predicted molar refractivity (Wildman–Crippen MR) is 131 cm³/mol. The van der Waals surface area contributed by atoms with Crippen LogP contribution in [0.2, 0.25) is 0 Å². The monoisotopic (exact) mass is 500 g/mol. The Bertz CT molecular complexity index is 1270. The number of hydrogen-bond acceptors (Lipinski definition) is 2. The molecule has 0 fully saturated rings. The van der Waals surface area contributed by atoms with Crippen LogP contribution in [-0.2, 0) is 6.16 Å². The molecule has 4 heteroatoms. The summed E-state index contributed by atoms with van der Waals surface area (Å²) in [6, 6.07) is 42.1. The van der Waals surface area contributed by atoms with E-state index in [4.69, 9.17) is 4.42 Å². The average Bonchev–Trinajstić information content (AvgIpc) is 2.84. The SMILES string of the molecule is O=c1ccc2cc(C[P+](c3ccccc3)(c3ccccc3)c3ccccc3)ccc2o1.[Br-]. The third-order valence-corrected chi connectivity index (χ3v) is 10.1. The normalized spacial score (nSPS) is 11.1. The van der Waals surface area contributed by atoms with E-state index in [1.807, 2.05) is 12.1 Å². The van der Waals surface area contributed by atoms with Gasteiger partial charge in [0.2, 0.25) is 0 Å². The Morgan fingerprint density at radius 1 is 0.594 bits per heavy atom. The van der Waals surface area contributed by atoms with E-state index < -0.39 is 7.26 Å². The standard InChI is InChI=1S/C28H22O2P.BrH/c29-28-19-17-23-20-22(16-18-27(23)30-28)21-31(24-10-4-1-5-11-24,25-12-6-2-7-13-25)26-14-8-3-9-15-26;/h1-20H,21H2;1H/q+1;/p-1. The van der Waals surface area contributed by atoms with Crippen LogP contribution in [0.5, 0.6) is 0 Å². The molecule has 0 saturated heterocycles. The first kappa shape index (κ1) is 22.2. The van der Waals surface area contributed by atoms with E-state index in [1.165, 1.54) is 27.5 Å². The molecule has 2 nitrogen and oxygen atoms in total. The molecule has 0 aliphatic rings. The van der Waals surface area contributed by atoms with Crippen molar-refractivity contribution < 1.29 is 21.4 Å². The zero-order valence-corrected chi connectivity index (χ0v) is 19.9. The van der Waals surface area contributed by atoms with Gasteiger partial charge in [0, 0.05) is 11.5 Å². The first-order chi connectivity index (χ1) is 15.3. The molecule has 0 atom stereocenters. The second kappa shape index (κ2) is 9.65. The molecule has 1 aromatic heterocycles. The Morgan fingerprint density at radius 3 is 1.59 bits per heavy atom. The van der Waals surface area contributed by atoms with Crippen molar-refractivity contribution in [2.75, 3.05) is 0 Å². The lowest BCUT2D eigenvalue weighted by Gasteiger charge is -2.28. The first-order valence-corrected chi connectivity index (χ1v) is 12.3. The quantitative estimate of drug-likeness (QED) is 0.274. The Morgan fingerprint density at radius 2 is 1.09 bits per heavy atom. The molecule has 0 spiro atoms.